The summed E-state index contributed by atoms with van der Waals surface area (Å²) in [7, 11) is 0. The normalized spacial score (nSPS) is 11.4. The Morgan fingerprint density at radius 1 is 1.00 bits per heavy atom. The molecule has 0 aliphatic carbocycles. The van der Waals surface area contributed by atoms with Crippen LogP contribution in [0, 0.1) is 0 Å². The van der Waals surface area contributed by atoms with Crippen LogP contribution < -0.4 is 10.5 Å². The maximum atomic E-state index is 12.4. The summed E-state index contributed by atoms with van der Waals surface area (Å²) >= 11 is 0. The fourth-order valence-corrected chi connectivity index (χ4v) is 1.34. The lowest BCUT2D eigenvalue weighted by molar-refractivity contribution is -0.137. The molecule has 1 heterocycles. The van der Waals surface area contributed by atoms with Crippen LogP contribution in [0.4, 0.5) is 13.2 Å². The summed E-state index contributed by atoms with van der Waals surface area (Å²) in [6.07, 6.45) is -4.36. The van der Waals surface area contributed by atoms with Crippen LogP contribution in [0.5, 0.6) is 11.6 Å². The number of ether oxygens (including phenoxy) is 1. The third kappa shape index (κ3) is 3.41. The van der Waals surface area contributed by atoms with Gasteiger partial charge in [-0.25, -0.2) is 0 Å². The molecule has 0 unspecified atom stereocenters. The third-order valence-corrected chi connectivity index (χ3v) is 2.31. The van der Waals surface area contributed by atoms with Gasteiger partial charge in [0.25, 0.3) is 0 Å². The van der Waals surface area contributed by atoms with Gasteiger partial charge in [0.15, 0.2) is 0 Å². The van der Waals surface area contributed by atoms with Crippen molar-refractivity contribution in [3.05, 3.63) is 47.7 Å². The molecule has 4 nitrogen and oxygen atoms in total. The minimum atomic E-state index is -4.36. The number of hydrogen-bond acceptors (Lipinski definition) is 4. The predicted octanol–water partition coefficient (Wildman–Crippen LogP) is 2.75. The van der Waals surface area contributed by atoms with E-state index in [0.717, 1.165) is 12.1 Å². The van der Waals surface area contributed by atoms with Gasteiger partial charge in [0.2, 0.25) is 5.88 Å². The molecule has 7 heteroatoms. The highest BCUT2D eigenvalue weighted by Gasteiger charge is 2.30. The number of nitrogens with two attached hydrogens (primary N) is 1. The zero-order valence-corrected chi connectivity index (χ0v) is 9.69. The Labute approximate surface area is 107 Å². The molecule has 0 saturated heterocycles. The molecule has 0 spiro atoms. The molecule has 19 heavy (non-hydrogen) atoms. The first-order valence-corrected chi connectivity index (χ1v) is 5.37. The van der Waals surface area contributed by atoms with Gasteiger partial charge in [-0.1, -0.05) is 0 Å². The summed E-state index contributed by atoms with van der Waals surface area (Å²) in [5.74, 6) is 0.444. The van der Waals surface area contributed by atoms with Crippen LogP contribution in [-0.2, 0) is 12.7 Å². The Kier molecular flexibility index (Phi) is 3.66. The first-order valence-electron chi connectivity index (χ1n) is 5.37. The summed E-state index contributed by atoms with van der Waals surface area (Å²) in [6, 6.07) is 7.51. The van der Waals surface area contributed by atoms with Crippen molar-refractivity contribution in [2.24, 2.45) is 5.73 Å². The fraction of sp³-hybridized carbons (Fsp3) is 0.167. The van der Waals surface area contributed by atoms with Crippen LogP contribution in [0.2, 0.25) is 0 Å². The Bertz CT molecular complexity index is 538. The van der Waals surface area contributed by atoms with E-state index in [2.05, 4.69) is 10.2 Å². The van der Waals surface area contributed by atoms with Crippen LogP contribution in [0.15, 0.2) is 36.4 Å². The zero-order valence-electron chi connectivity index (χ0n) is 9.69. The molecule has 0 radical (unpaired) electrons. The Morgan fingerprint density at radius 3 is 2.16 bits per heavy atom. The van der Waals surface area contributed by atoms with Gasteiger partial charge in [-0.05, 0) is 30.3 Å². The second kappa shape index (κ2) is 5.23. The van der Waals surface area contributed by atoms with Crippen molar-refractivity contribution in [2.45, 2.75) is 12.7 Å². The molecule has 0 aliphatic rings. The van der Waals surface area contributed by atoms with E-state index in [9.17, 15) is 13.2 Å². The molecule has 0 saturated carbocycles. The number of benzene rings is 1. The number of nitrogens with zero attached hydrogens (tertiary/aromatic N) is 2. The lowest BCUT2D eigenvalue weighted by Crippen LogP contribution is -2.04. The van der Waals surface area contributed by atoms with E-state index in [0.29, 0.717) is 5.69 Å². The maximum absolute atomic E-state index is 12.4. The van der Waals surface area contributed by atoms with Crippen molar-refractivity contribution in [3.63, 3.8) is 0 Å². The number of halogens is 3. The molecule has 1 aromatic heterocycles. The summed E-state index contributed by atoms with van der Waals surface area (Å²) in [5, 5.41) is 7.51. The van der Waals surface area contributed by atoms with Gasteiger partial charge >= 0.3 is 6.18 Å². The molecule has 0 amide bonds. The highest BCUT2D eigenvalue weighted by molar-refractivity contribution is 5.31. The molecule has 0 atom stereocenters. The summed E-state index contributed by atoms with van der Waals surface area (Å²) in [4.78, 5) is 0. The Hall–Kier alpha value is -2.15. The van der Waals surface area contributed by atoms with Crippen molar-refractivity contribution >= 4 is 0 Å². The molecular formula is C12H10F3N3O. The first-order chi connectivity index (χ1) is 8.99. The van der Waals surface area contributed by atoms with E-state index in [1.54, 1.807) is 12.1 Å². The summed E-state index contributed by atoms with van der Waals surface area (Å²) in [5.41, 5.74) is 5.22. The third-order valence-electron chi connectivity index (χ3n) is 2.31. The lowest BCUT2D eigenvalue weighted by atomic mass is 10.2. The molecule has 0 fully saturated rings. The van der Waals surface area contributed by atoms with Gasteiger partial charge in [-0.3, -0.25) is 0 Å². The van der Waals surface area contributed by atoms with E-state index in [-0.39, 0.29) is 18.2 Å². The fourth-order valence-electron chi connectivity index (χ4n) is 1.34. The van der Waals surface area contributed by atoms with Crippen LogP contribution in [-0.4, -0.2) is 10.2 Å². The molecule has 2 N–H and O–H groups in total. The van der Waals surface area contributed by atoms with Crippen molar-refractivity contribution < 1.29 is 17.9 Å². The monoisotopic (exact) mass is 269 g/mol. The lowest BCUT2D eigenvalue weighted by Gasteiger charge is -2.08. The molecule has 1 aromatic carbocycles. The number of aromatic nitrogens is 2. The van der Waals surface area contributed by atoms with E-state index >= 15 is 0 Å². The smallest absolute Gasteiger partial charge is 0.416 e. The van der Waals surface area contributed by atoms with Crippen LogP contribution in [0.25, 0.3) is 0 Å². The van der Waals surface area contributed by atoms with Gasteiger partial charge in [0, 0.05) is 12.6 Å². The van der Waals surface area contributed by atoms with Crippen molar-refractivity contribution in [3.8, 4) is 11.6 Å². The highest BCUT2D eigenvalue weighted by Crippen LogP contribution is 2.30. The minimum Gasteiger partial charge on any atom is -0.438 e. The number of hydrogen-bond donors (Lipinski definition) is 1. The summed E-state index contributed by atoms with van der Waals surface area (Å²) in [6.45, 7) is 0.257. The maximum Gasteiger partial charge on any atom is 0.416 e. The second-order valence-electron chi connectivity index (χ2n) is 3.69. The second-order valence-corrected chi connectivity index (χ2v) is 3.69. The van der Waals surface area contributed by atoms with Gasteiger partial charge < -0.3 is 10.5 Å². The Balaban J connectivity index is 2.10. The molecule has 2 rings (SSSR count). The van der Waals surface area contributed by atoms with Crippen molar-refractivity contribution in [2.75, 3.05) is 0 Å². The number of rotatable bonds is 3. The molecule has 2 aromatic rings. The predicted molar refractivity (Wildman–Crippen MR) is 61.4 cm³/mol. The van der Waals surface area contributed by atoms with E-state index in [1.807, 2.05) is 0 Å². The van der Waals surface area contributed by atoms with Crippen LogP contribution in [0.1, 0.15) is 11.3 Å². The van der Waals surface area contributed by atoms with Crippen LogP contribution in [0.3, 0.4) is 0 Å². The largest absolute Gasteiger partial charge is 0.438 e. The van der Waals surface area contributed by atoms with Gasteiger partial charge in [0.1, 0.15) is 5.75 Å². The molecule has 0 bridgehead atoms. The van der Waals surface area contributed by atoms with Crippen molar-refractivity contribution in [1.29, 1.82) is 0 Å². The quantitative estimate of drug-likeness (QED) is 0.930. The SMILES string of the molecule is NCc1ccc(Oc2ccc(C(F)(F)F)cc2)nn1. The molecule has 0 aliphatic heterocycles. The zero-order chi connectivity index (χ0) is 13.9. The van der Waals surface area contributed by atoms with Crippen LogP contribution >= 0.6 is 0 Å². The summed E-state index contributed by atoms with van der Waals surface area (Å²) < 4.78 is 42.3. The van der Waals surface area contributed by atoms with Crippen molar-refractivity contribution in [1.82, 2.24) is 10.2 Å². The van der Waals surface area contributed by atoms with Gasteiger partial charge in [-0.2, -0.15) is 18.3 Å². The average molecular weight is 269 g/mol. The highest BCUT2D eigenvalue weighted by atomic mass is 19.4. The topological polar surface area (TPSA) is 61.0 Å². The standard InChI is InChI=1S/C12H10F3N3O/c13-12(14,15)8-1-4-10(5-2-8)19-11-6-3-9(7-16)17-18-11/h1-6H,7,16H2. The van der Waals surface area contributed by atoms with E-state index in [1.165, 1.54) is 12.1 Å². The van der Waals surface area contributed by atoms with E-state index in [4.69, 9.17) is 10.5 Å². The average Bonchev–Trinajstić information content (AvgIpc) is 2.39. The minimum absolute atomic E-state index is 0.192. The molecule has 100 valence electrons. The number of alkyl halides is 3. The van der Waals surface area contributed by atoms with Gasteiger partial charge in [0.05, 0.1) is 11.3 Å². The van der Waals surface area contributed by atoms with Gasteiger partial charge in [-0.15, -0.1) is 5.10 Å². The Morgan fingerprint density at radius 2 is 1.68 bits per heavy atom. The van der Waals surface area contributed by atoms with E-state index < -0.39 is 11.7 Å². The molecular weight excluding hydrogens is 259 g/mol. The first kappa shape index (κ1) is 13.3.